The zero-order valence-electron chi connectivity index (χ0n) is 10.2. The van der Waals surface area contributed by atoms with Crippen molar-refractivity contribution in [1.29, 1.82) is 0 Å². The Morgan fingerprint density at radius 2 is 2.06 bits per heavy atom. The van der Waals surface area contributed by atoms with Gasteiger partial charge in [0.1, 0.15) is 0 Å². The van der Waals surface area contributed by atoms with Crippen LogP contribution in [0.2, 0.25) is 0 Å². The highest BCUT2D eigenvalue weighted by atomic mass is 35.5. The highest BCUT2D eigenvalue weighted by Crippen LogP contribution is 2.25. The molecule has 0 amide bonds. The van der Waals surface area contributed by atoms with Gasteiger partial charge in [-0.2, -0.15) is 0 Å². The van der Waals surface area contributed by atoms with Crippen LogP contribution >= 0.6 is 23.7 Å². The van der Waals surface area contributed by atoms with Crippen LogP contribution in [0.25, 0.3) is 10.2 Å². The van der Waals surface area contributed by atoms with Crippen molar-refractivity contribution in [2.45, 2.75) is 12.8 Å². The van der Waals surface area contributed by atoms with E-state index in [0.29, 0.717) is 0 Å². The van der Waals surface area contributed by atoms with Crippen molar-refractivity contribution in [3.8, 4) is 0 Å². The van der Waals surface area contributed by atoms with Crippen molar-refractivity contribution >= 4 is 39.1 Å². The zero-order valence-corrected chi connectivity index (χ0v) is 11.8. The number of para-hydroxylation sites is 1. The summed E-state index contributed by atoms with van der Waals surface area (Å²) in [5, 5.41) is 7.94. The van der Waals surface area contributed by atoms with Crippen LogP contribution in [-0.2, 0) is 0 Å². The van der Waals surface area contributed by atoms with Crippen molar-refractivity contribution < 1.29 is 0 Å². The van der Waals surface area contributed by atoms with Crippen molar-refractivity contribution in [2.24, 2.45) is 5.92 Å². The number of hydrogen-bond donors (Lipinski definition) is 2. The minimum absolute atomic E-state index is 0. The van der Waals surface area contributed by atoms with E-state index < -0.39 is 0 Å². The number of nitrogens with zero attached hydrogens (tertiary/aromatic N) is 1. The van der Waals surface area contributed by atoms with Crippen LogP contribution in [0, 0.1) is 5.92 Å². The Bertz CT molecular complexity index is 461. The van der Waals surface area contributed by atoms with Crippen LogP contribution in [0.3, 0.4) is 0 Å². The van der Waals surface area contributed by atoms with Crippen LogP contribution in [0.4, 0.5) is 5.13 Å². The fourth-order valence-corrected chi connectivity index (χ4v) is 3.14. The number of rotatable bonds is 3. The second kappa shape index (κ2) is 6.36. The first kappa shape index (κ1) is 13.6. The predicted molar refractivity (Wildman–Crippen MR) is 81.0 cm³/mol. The van der Waals surface area contributed by atoms with Gasteiger partial charge in [-0.15, -0.1) is 12.4 Å². The number of anilines is 1. The second-order valence-corrected chi connectivity index (χ2v) is 5.59. The lowest BCUT2D eigenvalue weighted by Gasteiger charge is -2.22. The Morgan fingerprint density at radius 3 is 2.83 bits per heavy atom. The first-order valence-corrected chi connectivity index (χ1v) is 7.03. The van der Waals surface area contributed by atoms with Gasteiger partial charge in [0, 0.05) is 6.54 Å². The molecule has 1 aliphatic heterocycles. The maximum Gasteiger partial charge on any atom is 0.183 e. The number of hydrogen-bond acceptors (Lipinski definition) is 4. The largest absolute Gasteiger partial charge is 0.361 e. The molecule has 18 heavy (non-hydrogen) atoms. The van der Waals surface area contributed by atoms with E-state index >= 15 is 0 Å². The summed E-state index contributed by atoms with van der Waals surface area (Å²) >= 11 is 1.75. The second-order valence-electron chi connectivity index (χ2n) is 4.56. The number of fused-ring (bicyclic) bond motifs is 1. The molecular weight excluding hydrogens is 266 g/mol. The molecule has 1 aromatic heterocycles. The van der Waals surface area contributed by atoms with Gasteiger partial charge in [-0.05, 0) is 44.0 Å². The first-order valence-electron chi connectivity index (χ1n) is 6.22. The maximum atomic E-state index is 4.59. The Kier molecular flexibility index (Phi) is 4.80. The van der Waals surface area contributed by atoms with Gasteiger partial charge < -0.3 is 10.6 Å². The number of piperidine rings is 1. The van der Waals surface area contributed by atoms with Gasteiger partial charge >= 0.3 is 0 Å². The average molecular weight is 284 g/mol. The molecule has 0 saturated carbocycles. The fraction of sp³-hybridized carbons (Fsp3) is 0.462. The number of thiazole rings is 1. The van der Waals surface area contributed by atoms with Gasteiger partial charge in [0.25, 0.3) is 0 Å². The quantitative estimate of drug-likeness (QED) is 0.909. The molecule has 1 aromatic carbocycles. The van der Waals surface area contributed by atoms with Crippen LogP contribution in [-0.4, -0.2) is 24.6 Å². The fourth-order valence-electron chi connectivity index (χ4n) is 2.27. The van der Waals surface area contributed by atoms with Gasteiger partial charge in [-0.3, -0.25) is 0 Å². The van der Waals surface area contributed by atoms with E-state index in [9.17, 15) is 0 Å². The van der Waals surface area contributed by atoms with Crippen molar-refractivity contribution in [3.05, 3.63) is 24.3 Å². The van der Waals surface area contributed by atoms with Crippen LogP contribution in [0.5, 0.6) is 0 Å². The number of aromatic nitrogens is 1. The molecule has 5 heteroatoms. The van der Waals surface area contributed by atoms with Gasteiger partial charge in [0.2, 0.25) is 0 Å². The molecule has 1 fully saturated rings. The first-order chi connectivity index (χ1) is 8.42. The molecule has 2 aromatic rings. The van der Waals surface area contributed by atoms with E-state index in [2.05, 4.69) is 33.8 Å². The third-order valence-corrected chi connectivity index (χ3v) is 4.29. The highest BCUT2D eigenvalue weighted by Gasteiger charge is 2.13. The van der Waals surface area contributed by atoms with Crippen LogP contribution in [0.15, 0.2) is 24.3 Å². The number of benzene rings is 1. The SMILES string of the molecule is Cl.c1ccc2sc(NCC3CCNCC3)nc2c1. The Labute approximate surface area is 117 Å². The molecule has 3 rings (SSSR count). The summed E-state index contributed by atoms with van der Waals surface area (Å²) in [6.45, 7) is 3.37. The molecule has 0 radical (unpaired) electrons. The monoisotopic (exact) mass is 283 g/mol. The van der Waals surface area contributed by atoms with E-state index in [-0.39, 0.29) is 12.4 Å². The molecule has 2 N–H and O–H groups in total. The lowest BCUT2D eigenvalue weighted by Crippen LogP contribution is -2.31. The van der Waals surface area contributed by atoms with E-state index in [1.807, 2.05) is 6.07 Å². The van der Waals surface area contributed by atoms with Crippen molar-refractivity contribution in [3.63, 3.8) is 0 Å². The van der Waals surface area contributed by atoms with Crippen LogP contribution in [0.1, 0.15) is 12.8 Å². The molecule has 2 heterocycles. The summed E-state index contributed by atoms with van der Waals surface area (Å²) in [7, 11) is 0. The minimum Gasteiger partial charge on any atom is -0.361 e. The summed E-state index contributed by atoms with van der Waals surface area (Å²) in [6, 6.07) is 8.31. The normalized spacial score (nSPS) is 16.4. The third kappa shape index (κ3) is 3.13. The molecule has 0 aliphatic carbocycles. The van der Waals surface area contributed by atoms with Crippen molar-refractivity contribution in [2.75, 3.05) is 25.0 Å². The topological polar surface area (TPSA) is 37.0 Å². The van der Waals surface area contributed by atoms with Gasteiger partial charge in [0.15, 0.2) is 5.13 Å². The van der Waals surface area contributed by atoms with E-state index in [1.54, 1.807) is 11.3 Å². The highest BCUT2D eigenvalue weighted by molar-refractivity contribution is 7.22. The summed E-state index contributed by atoms with van der Waals surface area (Å²) < 4.78 is 1.26. The standard InChI is InChI=1S/C13H17N3S.ClH/c1-2-4-12-11(3-1)16-13(17-12)15-9-10-5-7-14-8-6-10;/h1-4,10,14H,5-9H2,(H,15,16);1H. The number of halogens is 1. The van der Waals surface area contributed by atoms with Crippen molar-refractivity contribution in [1.82, 2.24) is 10.3 Å². The number of nitrogens with one attached hydrogen (secondary N) is 2. The van der Waals surface area contributed by atoms with E-state index in [1.165, 1.54) is 17.5 Å². The minimum atomic E-state index is 0. The maximum absolute atomic E-state index is 4.59. The molecular formula is C13H18ClN3S. The Balaban J connectivity index is 0.00000120. The molecule has 1 aliphatic rings. The third-order valence-electron chi connectivity index (χ3n) is 3.29. The molecule has 0 unspecified atom stereocenters. The molecule has 98 valence electrons. The zero-order chi connectivity index (χ0) is 11.5. The summed E-state index contributed by atoms with van der Waals surface area (Å²) in [6.07, 6.45) is 2.55. The van der Waals surface area contributed by atoms with E-state index in [4.69, 9.17) is 0 Å². The molecule has 1 saturated heterocycles. The molecule has 0 bridgehead atoms. The Hall–Kier alpha value is -0.840. The Morgan fingerprint density at radius 1 is 1.28 bits per heavy atom. The predicted octanol–water partition coefficient (Wildman–Crippen LogP) is 3.13. The smallest absolute Gasteiger partial charge is 0.183 e. The van der Waals surface area contributed by atoms with Crippen LogP contribution < -0.4 is 10.6 Å². The lowest BCUT2D eigenvalue weighted by molar-refractivity contribution is 0.390. The average Bonchev–Trinajstić information content (AvgIpc) is 2.80. The van der Waals surface area contributed by atoms with Gasteiger partial charge in [-0.25, -0.2) is 4.98 Å². The summed E-state index contributed by atoms with van der Waals surface area (Å²) in [4.78, 5) is 4.59. The summed E-state index contributed by atoms with van der Waals surface area (Å²) in [5.74, 6) is 0.795. The molecule has 0 atom stereocenters. The lowest BCUT2D eigenvalue weighted by atomic mass is 9.98. The van der Waals surface area contributed by atoms with Gasteiger partial charge in [-0.1, -0.05) is 23.5 Å². The molecule has 3 nitrogen and oxygen atoms in total. The summed E-state index contributed by atoms with van der Waals surface area (Å²) in [5.41, 5.74) is 1.10. The molecule has 0 spiro atoms. The van der Waals surface area contributed by atoms with E-state index in [0.717, 1.165) is 36.2 Å². The van der Waals surface area contributed by atoms with Gasteiger partial charge in [0.05, 0.1) is 10.2 Å².